The Hall–Kier alpha value is -2.41. The molecule has 116 valence electrons. The van der Waals surface area contributed by atoms with Gasteiger partial charge >= 0.3 is 0 Å². The molecule has 1 aromatic heterocycles. The van der Waals surface area contributed by atoms with E-state index in [1.807, 2.05) is 0 Å². The highest BCUT2D eigenvalue weighted by Gasteiger charge is 2.24. The summed E-state index contributed by atoms with van der Waals surface area (Å²) in [6.07, 6.45) is 3.04. The third-order valence-corrected chi connectivity index (χ3v) is 3.80. The Bertz CT molecular complexity index is 696. The summed E-state index contributed by atoms with van der Waals surface area (Å²) in [4.78, 5) is 10.9. The fourth-order valence-corrected chi connectivity index (χ4v) is 2.80. The van der Waals surface area contributed by atoms with Crippen molar-refractivity contribution in [1.82, 2.24) is 9.78 Å². The van der Waals surface area contributed by atoms with Crippen LogP contribution in [0.5, 0.6) is 0 Å². The number of nitrogens with one attached hydrogen (secondary N) is 1. The van der Waals surface area contributed by atoms with Gasteiger partial charge in [0.1, 0.15) is 11.5 Å². The molecule has 3 rings (SSSR count). The first-order valence-corrected chi connectivity index (χ1v) is 7.29. The Labute approximate surface area is 128 Å². The highest BCUT2D eigenvalue weighted by Crippen LogP contribution is 2.31. The zero-order valence-corrected chi connectivity index (χ0v) is 12.4. The number of para-hydroxylation sites is 2. The summed E-state index contributed by atoms with van der Waals surface area (Å²) in [5, 5.41) is 19.2. The van der Waals surface area contributed by atoms with E-state index < -0.39 is 0 Å². The van der Waals surface area contributed by atoms with E-state index in [1.165, 1.54) is 6.07 Å². The summed E-state index contributed by atoms with van der Waals surface area (Å²) in [5.41, 5.74) is 2.45. The Morgan fingerprint density at radius 2 is 2.23 bits per heavy atom. The normalized spacial score (nSPS) is 14.0. The quantitative estimate of drug-likeness (QED) is 0.693. The van der Waals surface area contributed by atoms with Gasteiger partial charge in [-0.15, -0.1) is 0 Å². The van der Waals surface area contributed by atoms with Crippen molar-refractivity contribution in [3.8, 4) is 5.69 Å². The SMILES string of the molecule is COCc1nn(-c2ccccc2[N+](=O)[O-])c2c1CCCCN2. The van der Waals surface area contributed by atoms with Crippen LogP contribution in [-0.2, 0) is 17.8 Å². The maximum absolute atomic E-state index is 11.3. The fraction of sp³-hybridized carbons (Fsp3) is 0.400. The minimum absolute atomic E-state index is 0.0443. The van der Waals surface area contributed by atoms with Gasteiger partial charge in [-0.1, -0.05) is 12.1 Å². The molecule has 22 heavy (non-hydrogen) atoms. The molecule has 7 nitrogen and oxygen atoms in total. The van der Waals surface area contributed by atoms with Crippen molar-refractivity contribution in [2.45, 2.75) is 25.9 Å². The third kappa shape index (κ3) is 2.55. The van der Waals surface area contributed by atoms with E-state index in [1.54, 1.807) is 30.0 Å². The second-order valence-corrected chi connectivity index (χ2v) is 5.25. The van der Waals surface area contributed by atoms with E-state index in [0.717, 1.165) is 42.9 Å². The van der Waals surface area contributed by atoms with Crippen LogP contribution in [-0.4, -0.2) is 28.4 Å². The van der Waals surface area contributed by atoms with Crippen LogP contribution in [0.4, 0.5) is 11.5 Å². The van der Waals surface area contributed by atoms with Crippen molar-refractivity contribution >= 4 is 11.5 Å². The van der Waals surface area contributed by atoms with Crippen LogP contribution in [0.15, 0.2) is 24.3 Å². The van der Waals surface area contributed by atoms with E-state index in [0.29, 0.717) is 12.3 Å². The highest BCUT2D eigenvalue weighted by molar-refractivity contribution is 5.60. The molecule has 0 spiro atoms. The molecule has 2 aromatic rings. The summed E-state index contributed by atoms with van der Waals surface area (Å²) < 4.78 is 6.87. The van der Waals surface area contributed by atoms with Gasteiger partial charge in [0.05, 0.1) is 17.2 Å². The van der Waals surface area contributed by atoms with Crippen molar-refractivity contribution in [3.63, 3.8) is 0 Å². The molecule has 0 aliphatic carbocycles. The van der Waals surface area contributed by atoms with Gasteiger partial charge in [0.15, 0.2) is 0 Å². The van der Waals surface area contributed by atoms with Gasteiger partial charge in [-0.3, -0.25) is 10.1 Å². The molecule has 0 saturated heterocycles. The van der Waals surface area contributed by atoms with Gasteiger partial charge < -0.3 is 10.1 Å². The first-order chi connectivity index (χ1) is 10.7. The van der Waals surface area contributed by atoms with Crippen LogP contribution < -0.4 is 5.32 Å². The molecule has 1 N–H and O–H groups in total. The Balaban J connectivity index is 2.17. The lowest BCUT2D eigenvalue weighted by molar-refractivity contribution is -0.384. The number of nitrogens with zero attached hydrogens (tertiary/aromatic N) is 3. The number of hydrogen-bond donors (Lipinski definition) is 1. The van der Waals surface area contributed by atoms with Crippen LogP contribution in [0.2, 0.25) is 0 Å². The minimum Gasteiger partial charge on any atom is -0.378 e. The zero-order valence-electron chi connectivity index (χ0n) is 12.4. The number of hydrogen-bond acceptors (Lipinski definition) is 5. The number of nitro groups is 1. The van der Waals surface area contributed by atoms with E-state index in [9.17, 15) is 10.1 Å². The van der Waals surface area contributed by atoms with Crippen LogP contribution in [0.3, 0.4) is 0 Å². The van der Waals surface area contributed by atoms with Crippen molar-refractivity contribution in [1.29, 1.82) is 0 Å². The molecule has 0 bridgehead atoms. The predicted molar refractivity (Wildman–Crippen MR) is 82.4 cm³/mol. The first-order valence-electron chi connectivity index (χ1n) is 7.29. The van der Waals surface area contributed by atoms with Crippen LogP contribution >= 0.6 is 0 Å². The lowest BCUT2D eigenvalue weighted by Crippen LogP contribution is -2.08. The number of methoxy groups -OCH3 is 1. The zero-order chi connectivity index (χ0) is 15.5. The van der Waals surface area contributed by atoms with Gasteiger partial charge in [-0.25, -0.2) is 4.68 Å². The number of rotatable bonds is 4. The summed E-state index contributed by atoms with van der Waals surface area (Å²) in [7, 11) is 1.63. The van der Waals surface area contributed by atoms with Crippen molar-refractivity contribution < 1.29 is 9.66 Å². The maximum Gasteiger partial charge on any atom is 0.294 e. The molecule has 7 heteroatoms. The summed E-state index contributed by atoms with van der Waals surface area (Å²) >= 11 is 0. The Morgan fingerprint density at radius 3 is 3.00 bits per heavy atom. The molecular formula is C15H18N4O3. The molecule has 0 atom stereocenters. The minimum atomic E-state index is -0.379. The third-order valence-electron chi connectivity index (χ3n) is 3.80. The van der Waals surface area contributed by atoms with Crippen LogP contribution in [0.25, 0.3) is 5.69 Å². The maximum atomic E-state index is 11.3. The van der Waals surface area contributed by atoms with E-state index >= 15 is 0 Å². The lowest BCUT2D eigenvalue weighted by Gasteiger charge is -2.09. The Morgan fingerprint density at radius 1 is 1.41 bits per heavy atom. The molecule has 1 aliphatic heterocycles. The molecule has 0 radical (unpaired) electrons. The lowest BCUT2D eigenvalue weighted by atomic mass is 10.1. The molecule has 0 saturated carbocycles. The molecule has 2 heterocycles. The van der Waals surface area contributed by atoms with E-state index in [4.69, 9.17) is 4.74 Å². The highest BCUT2D eigenvalue weighted by atomic mass is 16.6. The molecule has 0 amide bonds. The molecule has 0 fully saturated rings. The van der Waals surface area contributed by atoms with Crippen molar-refractivity contribution in [2.75, 3.05) is 19.0 Å². The predicted octanol–water partition coefficient (Wildman–Crippen LogP) is 2.68. The molecular weight excluding hydrogens is 284 g/mol. The van der Waals surface area contributed by atoms with Crippen LogP contribution in [0.1, 0.15) is 24.1 Å². The number of benzene rings is 1. The van der Waals surface area contributed by atoms with Crippen molar-refractivity contribution in [2.24, 2.45) is 0 Å². The first kappa shape index (κ1) is 14.5. The summed E-state index contributed by atoms with van der Waals surface area (Å²) in [6, 6.07) is 6.65. The Kier molecular flexibility index (Phi) is 4.06. The standard InChI is InChI=1S/C15H18N4O3/c1-22-10-12-11-6-4-5-9-16-15(11)18(17-12)13-7-2-3-8-14(13)19(20)21/h2-3,7-8,16H,4-6,9-10H2,1H3. The van der Waals surface area contributed by atoms with E-state index in [2.05, 4.69) is 10.4 Å². The number of anilines is 1. The van der Waals surface area contributed by atoms with Gasteiger partial charge in [0.25, 0.3) is 5.69 Å². The second kappa shape index (κ2) is 6.15. The second-order valence-electron chi connectivity index (χ2n) is 5.25. The molecule has 1 aromatic carbocycles. The van der Waals surface area contributed by atoms with Gasteiger partial charge in [0, 0.05) is 25.3 Å². The van der Waals surface area contributed by atoms with Gasteiger partial charge in [-0.2, -0.15) is 5.10 Å². The average molecular weight is 302 g/mol. The smallest absolute Gasteiger partial charge is 0.294 e. The molecule has 1 aliphatic rings. The van der Waals surface area contributed by atoms with Gasteiger partial charge in [0.2, 0.25) is 0 Å². The number of aromatic nitrogens is 2. The monoisotopic (exact) mass is 302 g/mol. The van der Waals surface area contributed by atoms with Gasteiger partial charge in [-0.05, 0) is 25.3 Å². The van der Waals surface area contributed by atoms with E-state index in [-0.39, 0.29) is 10.6 Å². The average Bonchev–Trinajstić information content (AvgIpc) is 2.71. The number of fused-ring (bicyclic) bond motifs is 1. The summed E-state index contributed by atoms with van der Waals surface area (Å²) in [6.45, 7) is 1.24. The molecule has 0 unspecified atom stereocenters. The van der Waals surface area contributed by atoms with Crippen molar-refractivity contribution in [3.05, 3.63) is 45.6 Å². The number of ether oxygens (including phenoxy) is 1. The fourth-order valence-electron chi connectivity index (χ4n) is 2.80. The largest absolute Gasteiger partial charge is 0.378 e. The van der Waals surface area contributed by atoms with Crippen LogP contribution in [0, 0.1) is 10.1 Å². The number of nitro benzene ring substituents is 1. The summed E-state index contributed by atoms with van der Waals surface area (Å²) in [5.74, 6) is 0.846. The topological polar surface area (TPSA) is 82.2 Å².